The van der Waals surface area contributed by atoms with E-state index in [-0.39, 0.29) is 4.90 Å². The van der Waals surface area contributed by atoms with Crippen molar-refractivity contribution in [1.82, 2.24) is 15.1 Å². The van der Waals surface area contributed by atoms with Gasteiger partial charge in [0.15, 0.2) is 0 Å². The summed E-state index contributed by atoms with van der Waals surface area (Å²) in [7, 11) is -1.80. The molecular formula is C12H15ClN4O2S. The SMILES string of the molecule is CNCCn1cc(S(=O)(=O)Nc2ccc(Cl)cc2)cn1. The van der Waals surface area contributed by atoms with Crippen molar-refractivity contribution in [2.45, 2.75) is 11.4 Å². The fourth-order valence-corrected chi connectivity index (χ4v) is 2.70. The number of aromatic nitrogens is 2. The number of nitrogens with zero attached hydrogens (tertiary/aromatic N) is 2. The van der Waals surface area contributed by atoms with Crippen molar-refractivity contribution >= 4 is 27.3 Å². The maximum atomic E-state index is 12.2. The van der Waals surface area contributed by atoms with E-state index in [1.54, 1.807) is 28.9 Å². The molecule has 1 aromatic carbocycles. The molecule has 0 aliphatic heterocycles. The Balaban J connectivity index is 2.13. The van der Waals surface area contributed by atoms with Crippen molar-refractivity contribution in [2.75, 3.05) is 18.3 Å². The highest BCUT2D eigenvalue weighted by molar-refractivity contribution is 7.92. The minimum Gasteiger partial charge on any atom is -0.318 e. The quantitative estimate of drug-likeness (QED) is 0.848. The number of hydrogen-bond acceptors (Lipinski definition) is 4. The number of likely N-dealkylation sites (N-methyl/N-ethyl adjacent to an activating group) is 1. The average molecular weight is 315 g/mol. The van der Waals surface area contributed by atoms with E-state index >= 15 is 0 Å². The smallest absolute Gasteiger partial charge is 0.265 e. The van der Waals surface area contributed by atoms with E-state index < -0.39 is 10.0 Å². The maximum Gasteiger partial charge on any atom is 0.265 e. The summed E-state index contributed by atoms with van der Waals surface area (Å²) >= 11 is 5.76. The second-order valence-corrected chi connectivity index (χ2v) is 6.27. The van der Waals surface area contributed by atoms with Crippen molar-refractivity contribution in [3.05, 3.63) is 41.7 Å². The number of benzene rings is 1. The lowest BCUT2D eigenvalue weighted by Crippen LogP contribution is -2.15. The van der Waals surface area contributed by atoms with Crippen LogP contribution in [0.15, 0.2) is 41.6 Å². The lowest BCUT2D eigenvalue weighted by Gasteiger charge is -2.05. The normalized spacial score (nSPS) is 11.5. The van der Waals surface area contributed by atoms with Gasteiger partial charge in [0.05, 0.1) is 12.7 Å². The zero-order valence-corrected chi connectivity index (χ0v) is 12.4. The summed E-state index contributed by atoms with van der Waals surface area (Å²) in [5, 5.41) is 7.53. The highest BCUT2D eigenvalue weighted by atomic mass is 35.5. The van der Waals surface area contributed by atoms with Crippen LogP contribution in [0.4, 0.5) is 5.69 Å². The van der Waals surface area contributed by atoms with Crippen molar-refractivity contribution in [3.63, 3.8) is 0 Å². The third-order valence-electron chi connectivity index (χ3n) is 2.61. The highest BCUT2D eigenvalue weighted by Crippen LogP contribution is 2.17. The second kappa shape index (κ2) is 6.25. The lowest BCUT2D eigenvalue weighted by atomic mass is 10.3. The Morgan fingerprint density at radius 2 is 2.00 bits per heavy atom. The molecule has 20 heavy (non-hydrogen) atoms. The van der Waals surface area contributed by atoms with Gasteiger partial charge in [0.1, 0.15) is 4.90 Å². The molecule has 1 aromatic heterocycles. The zero-order valence-electron chi connectivity index (χ0n) is 10.9. The molecule has 0 amide bonds. The molecule has 2 rings (SSSR count). The van der Waals surface area contributed by atoms with E-state index in [1.807, 2.05) is 7.05 Å². The summed E-state index contributed by atoms with van der Waals surface area (Å²) < 4.78 is 28.4. The number of halogens is 1. The largest absolute Gasteiger partial charge is 0.318 e. The van der Waals surface area contributed by atoms with Crippen LogP contribution in [0.1, 0.15) is 0 Å². The summed E-state index contributed by atoms with van der Waals surface area (Å²) in [6, 6.07) is 6.45. The molecule has 8 heteroatoms. The van der Waals surface area contributed by atoms with Gasteiger partial charge < -0.3 is 5.32 Å². The van der Waals surface area contributed by atoms with Gasteiger partial charge >= 0.3 is 0 Å². The van der Waals surface area contributed by atoms with E-state index in [4.69, 9.17) is 11.6 Å². The van der Waals surface area contributed by atoms with Crippen LogP contribution in [-0.2, 0) is 16.6 Å². The molecule has 0 atom stereocenters. The summed E-state index contributed by atoms with van der Waals surface area (Å²) in [5.41, 5.74) is 0.456. The molecular weight excluding hydrogens is 300 g/mol. The Morgan fingerprint density at radius 1 is 1.30 bits per heavy atom. The van der Waals surface area contributed by atoms with Crippen LogP contribution in [0, 0.1) is 0 Å². The van der Waals surface area contributed by atoms with Gasteiger partial charge in [-0.05, 0) is 31.3 Å². The zero-order chi connectivity index (χ0) is 14.6. The van der Waals surface area contributed by atoms with Gasteiger partial charge in [0, 0.05) is 23.5 Å². The monoisotopic (exact) mass is 314 g/mol. The van der Waals surface area contributed by atoms with E-state index in [1.165, 1.54) is 12.4 Å². The molecule has 0 saturated carbocycles. The van der Waals surface area contributed by atoms with Gasteiger partial charge in [-0.15, -0.1) is 0 Å². The minimum absolute atomic E-state index is 0.128. The molecule has 2 N–H and O–H groups in total. The fourth-order valence-electron chi connectivity index (χ4n) is 1.56. The predicted molar refractivity (Wildman–Crippen MR) is 78.4 cm³/mol. The molecule has 0 radical (unpaired) electrons. The molecule has 108 valence electrons. The van der Waals surface area contributed by atoms with E-state index in [2.05, 4.69) is 15.1 Å². The number of anilines is 1. The topological polar surface area (TPSA) is 76.0 Å². The predicted octanol–water partition coefficient (Wildman–Crippen LogP) is 1.56. The first-order chi connectivity index (χ1) is 9.51. The summed E-state index contributed by atoms with van der Waals surface area (Å²) in [5.74, 6) is 0. The van der Waals surface area contributed by atoms with Gasteiger partial charge in [-0.1, -0.05) is 11.6 Å². The molecule has 0 spiro atoms. The van der Waals surface area contributed by atoms with Crippen LogP contribution < -0.4 is 10.0 Å². The molecule has 0 aliphatic carbocycles. The second-order valence-electron chi connectivity index (χ2n) is 4.16. The molecule has 0 saturated heterocycles. The summed E-state index contributed by atoms with van der Waals surface area (Å²) in [6.45, 7) is 1.32. The van der Waals surface area contributed by atoms with Crippen LogP contribution in [0.25, 0.3) is 0 Å². The Bertz CT molecular complexity index is 667. The van der Waals surface area contributed by atoms with Crippen molar-refractivity contribution < 1.29 is 8.42 Å². The van der Waals surface area contributed by atoms with Gasteiger partial charge in [-0.3, -0.25) is 9.40 Å². The van der Waals surface area contributed by atoms with Crippen LogP contribution in [0.2, 0.25) is 5.02 Å². The minimum atomic E-state index is -3.63. The third-order valence-corrected chi connectivity index (χ3v) is 4.20. The maximum absolute atomic E-state index is 12.2. The van der Waals surface area contributed by atoms with Gasteiger partial charge in [-0.25, -0.2) is 8.42 Å². The molecule has 0 aliphatic rings. The van der Waals surface area contributed by atoms with Crippen LogP contribution in [0.5, 0.6) is 0 Å². The van der Waals surface area contributed by atoms with Crippen molar-refractivity contribution in [2.24, 2.45) is 0 Å². The Labute approximate surface area is 122 Å². The number of hydrogen-bond donors (Lipinski definition) is 2. The van der Waals surface area contributed by atoms with Gasteiger partial charge in [-0.2, -0.15) is 5.10 Å². The average Bonchev–Trinajstić information content (AvgIpc) is 2.88. The lowest BCUT2D eigenvalue weighted by molar-refractivity contribution is 0.582. The summed E-state index contributed by atoms with van der Waals surface area (Å²) in [6.07, 6.45) is 2.82. The van der Waals surface area contributed by atoms with Crippen molar-refractivity contribution in [1.29, 1.82) is 0 Å². The Kier molecular flexibility index (Phi) is 4.64. The van der Waals surface area contributed by atoms with E-state index in [9.17, 15) is 8.42 Å². The highest BCUT2D eigenvalue weighted by Gasteiger charge is 2.16. The van der Waals surface area contributed by atoms with Crippen LogP contribution >= 0.6 is 11.6 Å². The van der Waals surface area contributed by atoms with Crippen LogP contribution in [0.3, 0.4) is 0 Å². The molecule has 2 aromatic rings. The third kappa shape index (κ3) is 3.72. The first-order valence-electron chi connectivity index (χ1n) is 5.97. The fraction of sp³-hybridized carbons (Fsp3) is 0.250. The molecule has 0 unspecified atom stereocenters. The number of sulfonamides is 1. The van der Waals surface area contributed by atoms with Crippen molar-refractivity contribution in [3.8, 4) is 0 Å². The number of nitrogens with one attached hydrogen (secondary N) is 2. The molecule has 1 heterocycles. The van der Waals surface area contributed by atoms with Gasteiger partial charge in [0.2, 0.25) is 0 Å². The van der Waals surface area contributed by atoms with Gasteiger partial charge in [0.25, 0.3) is 10.0 Å². The van der Waals surface area contributed by atoms with E-state index in [0.717, 1.165) is 0 Å². The van der Waals surface area contributed by atoms with Crippen LogP contribution in [-0.4, -0.2) is 31.8 Å². The first kappa shape index (κ1) is 14.8. The number of rotatable bonds is 6. The first-order valence-corrected chi connectivity index (χ1v) is 7.83. The standard InChI is InChI=1S/C12H15ClN4O2S/c1-14-6-7-17-9-12(8-15-17)20(18,19)16-11-4-2-10(13)3-5-11/h2-5,8-9,14,16H,6-7H2,1H3. The Morgan fingerprint density at radius 3 is 2.65 bits per heavy atom. The summed E-state index contributed by atoms with van der Waals surface area (Å²) in [4.78, 5) is 0.128. The molecule has 0 bridgehead atoms. The Hall–Kier alpha value is -1.57. The molecule has 0 fully saturated rings. The molecule has 6 nitrogen and oxygen atoms in total. The van der Waals surface area contributed by atoms with E-state index in [0.29, 0.717) is 23.8 Å².